The number of benzene rings is 3. The number of carbonyl (C=O) groups excluding carboxylic acids is 2. The molecule has 4 rings (SSSR count). The smallest absolute Gasteiger partial charge is 0.251 e. The minimum absolute atomic E-state index is 0.106. The van der Waals surface area contributed by atoms with Gasteiger partial charge in [-0.2, -0.15) is 0 Å². The fourth-order valence-electron chi connectivity index (χ4n) is 3.63. The number of ether oxygens (including phenoxy) is 2. The largest absolute Gasteiger partial charge is 0.491 e. The summed E-state index contributed by atoms with van der Waals surface area (Å²) in [6.07, 6.45) is 2.26. The van der Waals surface area contributed by atoms with Gasteiger partial charge in [0.1, 0.15) is 12.4 Å². The molecule has 0 aromatic heterocycles. The van der Waals surface area contributed by atoms with Gasteiger partial charge < -0.3 is 25.4 Å². The highest BCUT2D eigenvalue weighted by atomic mass is 16.5. The number of anilines is 2. The monoisotopic (exact) mass is 459 g/mol. The van der Waals surface area contributed by atoms with Crippen LogP contribution in [0.5, 0.6) is 5.75 Å². The second kappa shape index (κ2) is 11.9. The van der Waals surface area contributed by atoms with E-state index in [-0.39, 0.29) is 24.5 Å². The molecule has 7 heteroatoms. The molecule has 0 aliphatic carbocycles. The molecule has 3 aromatic carbocycles. The molecule has 0 spiro atoms. The van der Waals surface area contributed by atoms with Crippen molar-refractivity contribution in [3.63, 3.8) is 0 Å². The molecule has 2 amide bonds. The van der Waals surface area contributed by atoms with Crippen LogP contribution in [0.2, 0.25) is 0 Å². The molecule has 1 heterocycles. The van der Waals surface area contributed by atoms with Crippen molar-refractivity contribution in [2.24, 2.45) is 0 Å². The van der Waals surface area contributed by atoms with Gasteiger partial charge >= 0.3 is 0 Å². The first-order valence-corrected chi connectivity index (χ1v) is 11.5. The number of amides is 2. The Balaban J connectivity index is 1.21. The van der Waals surface area contributed by atoms with Crippen molar-refractivity contribution in [2.75, 3.05) is 30.4 Å². The van der Waals surface area contributed by atoms with Crippen LogP contribution >= 0.6 is 0 Å². The van der Waals surface area contributed by atoms with Crippen molar-refractivity contribution >= 4 is 23.2 Å². The van der Waals surface area contributed by atoms with Crippen molar-refractivity contribution in [1.82, 2.24) is 5.32 Å². The summed E-state index contributed by atoms with van der Waals surface area (Å²) in [6, 6.07) is 24.1. The van der Waals surface area contributed by atoms with E-state index in [0.717, 1.165) is 36.4 Å². The summed E-state index contributed by atoms with van der Waals surface area (Å²) in [5.41, 5.74) is 2.99. The van der Waals surface area contributed by atoms with E-state index in [1.165, 1.54) is 0 Å². The number of hydrogen-bond acceptors (Lipinski definition) is 5. The molecule has 1 fully saturated rings. The van der Waals surface area contributed by atoms with Gasteiger partial charge in [0, 0.05) is 36.2 Å². The highest BCUT2D eigenvalue weighted by Gasteiger charge is 2.16. The lowest BCUT2D eigenvalue weighted by atomic mass is 10.1. The standard InChI is InChI=1S/C27H29N3O4/c31-26(18-28-23-8-4-9-24(16-23)34-19-25-10-5-15-33-25)30-22-13-11-21(12-14-22)27(32)29-17-20-6-2-1-3-7-20/h1-4,6-9,11-14,16,25,28H,5,10,15,17-19H2,(H,29,32)(H,30,31). The first kappa shape index (κ1) is 23.3. The normalized spacial score (nSPS) is 14.9. The molecule has 1 atom stereocenters. The molecule has 1 aliphatic heterocycles. The lowest BCUT2D eigenvalue weighted by Crippen LogP contribution is -2.23. The number of nitrogens with one attached hydrogen (secondary N) is 3. The van der Waals surface area contributed by atoms with Crippen LogP contribution in [-0.4, -0.2) is 37.7 Å². The average molecular weight is 460 g/mol. The Kier molecular flexibility index (Phi) is 8.13. The summed E-state index contributed by atoms with van der Waals surface area (Å²) < 4.78 is 11.4. The zero-order chi connectivity index (χ0) is 23.6. The Morgan fingerprint density at radius 3 is 2.53 bits per heavy atom. The Morgan fingerprint density at radius 2 is 1.76 bits per heavy atom. The fourth-order valence-corrected chi connectivity index (χ4v) is 3.63. The summed E-state index contributed by atoms with van der Waals surface area (Å²) in [5, 5.41) is 8.83. The quantitative estimate of drug-likeness (QED) is 0.422. The van der Waals surface area contributed by atoms with Crippen molar-refractivity contribution in [3.8, 4) is 5.75 Å². The van der Waals surface area contributed by atoms with Gasteiger partial charge in [0.25, 0.3) is 5.91 Å². The fraction of sp³-hybridized carbons (Fsp3) is 0.259. The predicted molar refractivity (Wildman–Crippen MR) is 132 cm³/mol. The zero-order valence-corrected chi connectivity index (χ0v) is 19.0. The van der Waals surface area contributed by atoms with E-state index in [1.54, 1.807) is 24.3 Å². The van der Waals surface area contributed by atoms with E-state index in [4.69, 9.17) is 9.47 Å². The van der Waals surface area contributed by atoms with E-state index < -0.39 is 0 Å². The van der Waals surface area contributed by atoms with Crippen molar-refractivity contribution < 1.29 is 19.1 Å². The maximum absolute atomic E-state index is 12.3. The first-order valence-electron chi connectivity index (χ1n) is 11.5. The summed E-state index contributed by atoms with van der Waals surface area (Å²) in [7, 11) is 0. The summed E-state index contributed by atoms with van der Waals surface area (Å²) in [6.45, 7) is 1.90. The highest BCUT2D eigenvalue weighted by molar-refractivity contribution is 5.96. The summed E-state index contributed by atoms with van der Waals surface area (Å²) >= 11 is 0. The van der Waals surface area contributed by atoms with Crippen molar-refractivity contribution in [1.29, 1.82) is 0 Å². The molecule has 1 unspecified atom stereocenters. The summed E-state index contributed by atoms with van der Waals surface area (Å²) in [5.74, 6) is 0.388. The van der Waals surface area contributed by atoms with Crippen molar-refractivity contribution in [2.45, 2.75) is 25.5 Å². The maximum Gasteiger partial charge on any atom is 0.251 e. The van der Waals surface area contributed by atoms with E-state index in [9.17, 15) is 9.59 Å². The van der Waals surface area contributed by atoms with Crippen LogP contribution in [0.3, 0.4) is 0 Å². The van der Waals surface area contributed by atoms with E-state index in [0.29, 0.717) is 24.4 Å². The van der Waals surface area contributed by atoms with Gasteiger partial charge in [0.05, 0.1) is 12.6 Å². The topological polar surface area (TPSA) is 88.7 Å². The van der Waals surface area contributed by atoms with Gasteiger partial charge in [0.2, 0.25) is 5.91 Å². The number of carbonyl (C=O) groups is 2. The van der Waals surface area contributed by atoms with Crippen LogP contribution in [0.15, 0.2) is 78.9 Å². The van der Waals surface area contributed by atoms with Gasteiger partial charge in [0.15, 0.2) is 0 Å². The van der Waals surface area contributed by atoms with Crippen LogP contribution < -0.4 is 20.7 Å². The third-order valence-electron chi connectivity index (χ3n) is 5.47. The highest BCUT2D eigenvalue weighted by Crippen LogP contribution is 2.19. The second-order valence-corrected chi connectivity index (χ2v) is 8.12. The number of rotatable bonds is 10. The predicted octanol–water partition coefficient (Wildman–Crippen LogP) is 4.23. The molecule has 34 heavy (non-hydrogen) atoms. The van der Waals surface area contributed by atoms with Gasteiger partial charge in [-0.1, -0.05) is 36.4 Å². The van der Waals surface area contributed by atoms with Crippen molar-refractivity contribution in [3.05, 3.63) is 90.0 Å². The van der Waals surface area contributed by atoms with E-state index in [2.05, 4.69) is 16.0 Å². The third-order valence-corrected chi connectivity index (χ3v) is 5.47. The Hall–Kier alpha value is -3.84. The van der Waals surface area contributed by atoms with Crippen LogP contribution in [0, 0.1) is 0 Å². The minimum Gasteiger partial charge on any atom is -0.491 e. The maximum atomic E-state index is 12.3. The zero-order valence-electron chi connectivity index (χ0n) is 19.0. The van der Waals surface area contributed by atoms with E-state index >= 15 is 0 Å². The molecular formula is C27H29N3O4. The molecular weight excluding hydrogens is 430 g/mol. The van der Waals surface area contributed by atoms with Gasteiger partial charge in [-0.05, 0) is 54.8 Å². The Morgan fingerprint density at radius 1 is 0.941 bits per heavy atom. The molecule has 3 N–H and O–H groups in total. The SMILES string of the molecule is O=C(CNc1cccc(OCC2CCCO2)c1)Nc1ccc(C(=O)NCc2ccccc2)cc1. The molecule has 3 aromatic rings. The Bertz CT molecular complexity index is 1080. The summed E-state index contributed by atoms with van der Waals surface area (Å²) in [4.78, 5) is 24.7. The second-order valence-electron chi connectivity index (χ2n) is 8.12. The molecule has 0 bridgehead atoms. The molecule has 7 nitrogen and oxygen atoms in total. The van der Waals surface area contributed by atoms with E-state index in [1.807, 2.05) is 54.6 Å². The molecule has 1 saturated heterocycles. The van der Waals surface area contributed by atoms with Crippen LogP contribution in [-0.2, 0) is 16.1 Å². The van der Waals surface area contributed by atoms with Crippen LogP contribution in [0.4, 0.5) is 11.4 Å². The van der Waals surface area contributed by atoms with Gasteiger partial charge in [-0.3, -0.25) is 9.59 Å². The van der Waals surface area contributed by atoms with Crippen LogP contribution in [0.25, 0.3) is 0 Å². The lowest BCUT2D eigenvalue weighted by molar-refractivity contribution is -0.114. The molecule has 0 saturated carbocycles. The molecule has 176 valence electrons. The number of hydrogen-bond donors (Lipinski definition) is 3. The lowest BCUT2D eigenvalue weighted by Gasteiger charge is -2.13. The Labute approximate surface area is 199 Å². The first-order chi connectivity index (χ1) is 16.7. The average Bonchev–Trinajstić information content (AvgIpc) is 3.40. The molecule has 1 aliphatic rings. The van der Waals surface area contributed by atoms with Gasteiger partial charge in [-0.15, -0.1) is 0 Å². The van der Waals surface area contributed by atoms with Crippen LogP contribution in [0.1, 0.15) is 28.8 Å². The third kappa shape index (κ3) is 7.08. The minimum atomic E-state index is -0.188. The van der Waals surface area contributed by atoms with Gasteiger partial charge in [-0.25, -0.2) is 0 Å². The molecule has 0 radical (unpaired) electrons.